The second-order valence-corrected chi connectivity index (χ2v) is 7.15. The summed E-state index contributed by atoms with van der Waals surface area (Å²) in [6, 6.07) is 9.73. The van der Waals surface area contributed by atoms with Crippen molar-refractivity contribution in [3.8, 4) is 11.7 Å². The summed E-state index contributed by atoms with van der Waals surface area (Å²) in [4.78, 5) is 21.3. The number of carbonyl (C=O) groups excluding carboxylic acids is 1. The predicted octanol–water partition coefficient (Wildman–Crippen LogP) is 3.09. The lowest BCUT2D eigenvalue weighted by Gasteiger charge is -2.10. The van der Waals surface area contributed by atoms with Gasteiger partial charge in [0.05, 0.1) is 5.69 Å². The highest BCUT2D eigenvalue weighted by atomic mass is 16.5. The molecule has 7 heteroatoms. The molecule has 0 fully saturated rings. The summed E-state index contributed by atoms with van der Waals surface area (Å²) in [6.07, 6.45) is 3.39. The summed E-state index contributed by atoms with van der Waals surface area (Å²) in [5.41, 5.74) is 5.14. The quantitative estimate of drug-likeness (QED) is 0.739. The fourth-order valence-corrected chi connectivity index (χ4v) is 3.51. The number of aryl methyl sites for hydroxylation is 5. The number of nitrogens with one attached hydrogen (secondary N) is 1. The van der Waals surface area contributed by atoms with Crippen molar-refractivity contribution in [3.63, 3.8) is 0 Å². The van der Waals surface area contributed by atoms with Gasteiger partial charge in [-0.2, -0.15) is 9.78 Å². The molecule has 0 spiro atoms. The number of ether oxygens (including phenoxy) is 1. The van der Waals surface area contributed by atoms with Gasteiger partial charge in [-0.05, 0) is 69.4 Å². The highest BCUT2D eigenvalue weighted by molar-refractivity contribution is 5.91. The van der Waals surface area contributed by atoms with Crippen molar-refractivity contribution in [2.75, 3.05) is 11.9 Å². The summed E-state index contributed by atoms with van der Waals surface area (Å²) >= 11 is 0. The van der Waals surface area contributed by atoms with E-state index in [2.05, 4.69) is 26.4 Å². The molecule has 144 valence electrons. The van der Waals surface area contributed by atoms with Crippen LogP contribution in [0.2, 0.25) is 0 Å². The Morgan fingerprint density at radius 3 is 2.57 bits per heavy atom. The number of hydrogen-bond donors (Lipinski definition) is 1. The maximum atomic E-state index is 12.4. The van der Waals surface area contributed by atoms with Crippen molar-refractivity contribution in [1.82, 2.24) is 19.7 Å². The average Bonchev–Trinajstić information content (AvgIpc) is 3.25. The molecule has 7 nitrogen and oxygen atoms in total. The molecule has 3 aromatic rings. The van der Waals surface area contributed by atoms with E-state index in [1.54, 1.807) is 10.7 Å². The molecular formula is C21H23N5O2. The highest BCUT2D eigenvalue weighted by Crippen LogP contribution is 2.26. The third kappa shape index (κ3) is 3.88. The number of amides is 1. The van der Waals surface area contributed by atoms with E-state index >= 15 is 0 Å². The van der Waals surface area contributed by atoms with E-state index in [4.69, 9.17) is 4.74 Å². The Hall–Kier alpha value is -3.22. The number of aromatic nitrogens is 4. The first-order valence-electron chi connectivity index (χ1n) is 9.42. The minimum Gasteiger partial charge on any atom is -0.484 e. The molecule has 2 aromatic heterocycles. The molecule has 0 aliphatic heterocycles. The monoisotopic (exact) mass is 377 g/mol. The molecule has 0 atom stereocenters. The fourth-order valence-electron chi connectivity index (χ4n) is 3.51. The van der Waals surface area contributed by atoms with E-state index in [0.29, 0.717) is 11.8 Å². The number of hydrogen-bond acceptors (Lipinski definition) is 5. The van der Waals surface area contributed by atoms with Crippen molar-refractivity contribution < 1.29 is 9.53 Å². The van der Waals surface area contributed by atoms with E-state index in [0.717, 1.165) is 35.7 Å². The largest absolute Gasteiger partial charge is 0.484 e. The van der Waals surface area contributed by atoms with Crippen LogP contribution in [0.25, 0.3) is 5.95 Å². The van der Waals surface area contributed by atoms with Crippen LogP contribution in [-0.2, 0) is 17.6 Å². The summed E-state index contributed by atoms with van der Waals surface area (Å²) in [5.74, 6) is 1.41. The van der Waals surface area contributed by atoms with Gasteiger partial charge in [-0.15, -0.1) is 0 Å². The zero-order valence-electron chi connectivity index (χ0n) is 16.3. The molecule has 28 heavy (non-hydrogen) atoms. The second kappa shape index (κ2) is 7.42. The standard InChI is InChI=1S/C21H23N5O2/c1-13-9-14(2)23-21(22-13)26-19(10-15(3)25-26)24-20(27)12-28-18-8-7-16-5-4-6-17(16)11-18/h7-11H,4-6,12H2,1-3H3,(H,24,27). The van der Waals surface area contributed by atoms with Gasteiger partial charge in [-0.1, -0.05) is 6.07 Å². The number of nitrogens with zero attached hydrogens (tertiary/aromatic N) is 4. The minimum atomic E-state index is -0.258. The first-order valence-corrected chi connectivity index (χ1v) is 9.42. The van der Waals surface area contributed by atoms with Gasteiger partial charge in [0.1, 0.15) is 11.6 Å². The van der Waals surface area contributed by atoms with Gasteiger partial charge in [0.2, 0.25) is 0 Å². The lowest BCUT2D eigenvalue weighted by atomic mass is 10.1. The Balaban J connectivity index is 1.46. The first kappa shape index (κ1) is 18.2. The van der Waals surface area contributed by atoms with Crippen LogP contribution in [-0.4, -0.2) is 32.3 Å². The third-order valence-corrected chi connectivity index (χ3v) is 4.70. The Morgan fingerprint density at radius 2 is 1.79 bits per heavy atom. The Bertz CT molecular complexity index is 1020. The summed E-state index contributed by atoms with van der Waals surface area (Å²) < 4.78 is 7.23. The van der Waals surface area contributed by atoms with Crippen LogP contribution in [0.4, 0.5) is 5.82 Å². The zero-order valence-corrected chi connectivity index (χ0v) is 16.3. The predicted molar refractivity (Wildman–Crippen MR) is 106 cm³/mol. The average molecular weight is 377 g/mol. The molecule has 0 saturated carbocycles. The van der Waals surface area contributed by atoms with Gasteiger partial charge in [-0.3, -0.25) is 4.79 Å². The molecule has 0 unspecified atom stereocenters. The van der Waals surface area contributed by atoms with Gasteiger partial charge < -0.3 is 10.1 Å². The molecule has 1 aliphatic rings. The molecule has 1 amide bonds. The highest BCUT2D eigenvalue weighted by Gasteiger charge is 2.15. The van der Waals surface area contributed by atoms with E-state index in [-0.39, 0.29) is 12.5 Å². The van der Waals surface area contributed by atoms with Crippen molar-refractivity contribution >= 4 is 11.7 Å². The maximum Gasteiger partial charge on any atom is 0.263 e. The van der Waals surface area contributed by atoms with Crippen LogP contribution >= 0.6 is 0 Å². The molecule has 0 radical (unpaired) electrons. The Morgan fingerprint density at radius 1 is 1.04 bits per heavy atom. The van der Waals surface area contributed by atoms with E-state index in [1.165, 1.54) is 17.5 Å². The SMILES string of the molecule is Cc1cc(C)nc(-n2nc(C)cc2NC(=O)COc2ccc3c(c2)CCC3)n1. The molecule has 1 N–H and O–H groups in total. The van der Waals surface area contributed by atoms with Crippen LogP contribution in [0.5, 0.6) is 5.75 Å². The fraction of sp³-hybridized carbons (Fsp3) is 0.333. The van der Waals surface area contributed by atoms with E-state index < -0.39 is 0 Å². The lowest BCUT2D eigenvalue weighted by Crippen LogP contribution is -2.22. The zero-order chi connectivity index (χ0) is 19.7. The molecule has 1 aliphatic carbocycles. The lowest BCUT2D eigenvalue weighted by molar-refractivity contribution is -0.118. The topological polar surface area (TPSA) is 81.9 Å². The van der Waals surface area contributed by atoms with Gasteiger partial charge in [0.25, 0.3) is 11.9 Å². The van der Waals surface area contributed by atoms with Crippen molar-refractivity contribution in [2.24, 2.45) is 0 Å². The molecule has 1 aromatic carbocycles. The van der Waals surface area contributed by atoms with Gasteiger partial charge in [0, 0.05) is 17.5 Å². The molecule has 0 bridgehead atoms. The summed E-state index contributed by atoms with van der Waals surface area (Å²) in [5, 5.41) is 7.26. The van der Waals surface area contributed by atoms with Crippen LogP contribution in [0, 0.1) is 20.8 Å². The summed E-state index contributed by atoms with van der Waals surface area (Å²) in [6.45, 7) is 5.58. The number of rotatable bonds is 5. The maximum absolute atomic E-state index is 12.4. The van der Waals surface area contributed by atoms with E-state index in [9.17, 15) is 4.79 Å². The second-order valence-electron chi connectivity index (χ2n) is 7.15. The molecule has 2 heterocycles. The number of anilines is 1. The van der Waals surface area contributed by atoms with E-state index in [1.807, 2.05) is 39.0 Å². The Kier molecular flexibility index (Phi) is 4.81. The number of fused-ring (bicyclic) bond motifs is 1. The van der Waals surface area contributed by atoms with Crippen LogP contribution < -0.4 is 10.1 Å². The van der Waals surface area contributed by atoms with Crippen LogP contribution in [0.1, 0.15) is 34.6 Å². The Labute approximate surface area is 163 Å². The molecular weight excluding hydrogens is 354 g/mol. The number of benzene rings is 1. The normalized spacial score (nSPS) is 12.7. The van der Waals surface area contributed by atoms with Gasteiger partial charge >= 0.3 is 0 Å². The van der Waals surface area contributed by atoms with Crippen molar-refractivity contribution in [1.29, 1.82) is 0 Å². The number of carbonyl (C=O) groups is 1. The third-order valence-electron chi connectivity index (χ3n) is 4.70. The minimum absolute atomic E-state index is 0.0727. The smallest absolute Gasteiger partial charge is 0.263 e. The van der Waals surface area contributed by atoms with Crippen LogP contribution in [0.3, 0.4) is 0 Å². The molecule has 0 saturated heterocycles. The van der Waals surface area contributed by atoms with Crippen molar-refractivity contribution in [2.45, 2.75) is 40.0 Å². The van der Waals surface area contributed by atoms with Crippen LogP contribution in [0.15, 0.2) is 30.3 Å². The molecule has 4 rings (SSSR count). The summed E-state index contributed by atoms with van der Waals surface area (Å²) in [7, 11) is 0. The first-order chi connectivity index (χ1) is 13.5. The van der Waals surface area contributed by atoms with Gasteiger partial charge in [-0.25, -0.2) is 9.97 Å². The van der Waals surface area contributed by atoms with Crippen molar-refractivity contribution in [3.05, 3.63) is 58.5 Å². The van der Waals surface area contributed by atoms with Gasteiger partial charge in [0.15, 0.2) is 6.61 Å².